The average molecular weight is 403 g/mol. The Morgan fingerprint density at radius 3 is 2.43 bits per heavy atom. The Balaban J connectivity index is 1.93. The van der Waals surface area contributed by atoms with Crippen molar-refractivity contribution in [2.45, 2.75) is 23.7 Å². The summed E-state index contributed by atoms with van der Waals surface area (Å²) >= 11 is 0. The second-order valence-electron chi connectivity index (χ2n) is 6.53. The third-order valence-corrected chi connectivity index (χ3v) is 6.79. The zero-order chi connectivity index (χ0) is 20.5. The third-order valence-electron chi connectivity index (χ3n) is 5.01. The Bertz CT molecular complexity index is 1020. The number of benzene rings is 2. The molecule has 1 aliphatic carbocycles. The van der Waals surface area contributed by atoms with Crippen LogP contribution in [0.3, 0.4) is 0 Å². The van der Waals surface area contributed by atoms with Crippen molar-refractivity contribution in [2.75, 3.05) is 18.4 Å². The minimum absolute atomic E-state index is 0.0988. The topological polar surface area (TPSA) is 116 Å². The lowest BCUT2D eigenvalue weighted by Crippen LogP contribution is -2.27. The van der Waals surface area contributed by atoms with Crippen molar-refractivity contribution in [2.24, 2.45) is 0 Å². The van der Waals surface area contributed by atoms with E-state index in [1.165, 1.54) is 36.8 Å². The van der Waals surface area contributed by atoms with Gasteiger partial charge in [-0.05, 0) is 60.4 Å². The van der Waals surface area contributed by atoms with Gasteiger partial charge >= 0.3 is 0 Å². The van der Waals surface area contributed by atoms with Crippen LogP contribution < -0.4 is 15.1 Å². The lowest BCUT2D eigenvalue weighted by molar-refractivity contribution is -0.122. The highest BCUT2D eigenvalue weighted by molar-refractivity contribution is 7.92. The molecule has 2 aromatic carbocycles. The first-order valence-electron chi connectivity index (χ1n) is 8.67. The van der Waals surface area contributed by atoms with Crippen molar-refractivity contribution in [3.8, 4) is 0 Å². The highest BCUT2D eigenvalue weighted by atomic mass is 32.2. The highest BCUT2D eigenvalue weighted by Gasteiger charge is 2.30. The first-order chi connectivity index (χ1) is 13.3. The fourth-order valence-corrected chi connectivity index (χ4v) is 4.60. The molecule has 9 heteroatoms. The van der Waals surface area contributed by atoms with E-state index in [4.69, 9.17) is 5.21 Å². The molecule has 0 fully saturated rings. The van der Waals surface area contributed by atoms with Gasteiger partial charge in [0.05, 0.1) is 16.5 Å². The summed E-state index contributed by atoms with van der Waals surface area (Å²) in [6, 6.07) is 10.7. The molecule has 0 radical (unpaired) electrons. The molecule has 0 heterocycles. The maximum atomic E-state index is 13.1. The number of fused-ring (bicyclic) bond motifs is 1. The van der Waals surface area contributed by atoms with Gasteiger partial charge in [0.15, 0.2) is 0 Å². The van der Waals surface area contributed by atoms with E-state index in [1.807, 2.05) is 0 Å². The summed E-state index contributed by atoms with van der Waals surface area (Å²) in [5, 5.41) is 11.3. The van der Waals surface area contributed by atoms with Crippen LogP contribution in [-0.2, 0) is 21.2 Å². The van der Waals surface area contributed by atoms with Crippen LogP contribution in [0.5, 0.6) is 0 Å². The Labute approximate surface area is 163 Å². The van der Waals surface area contributed by atoms with Crippen molar-refractivity contribution in [1.82, 2.24) is 10.8 Å². The summed E-state index contributed by atoms with van der Waals surface area (Å²) in [6.07, 6.45) is 1.39. The van der Waals surface area contributed by atoms with E-state index in [0.29, 0.717) is 12.1 Å². The normalized spacial score (nSPS) is 15.6. The van der Waals surface area contributed by atoms with E-state index < -0.39 is 15.9 Å². The molecule has 1 atom stereocenters. The Hall–Kier alpha value is -2.91. The van der Waals surface area contributed by atoms with Gasteiger partial charge in [0.2, 0.25) is 5.91 Å². The highest BCUT2D eigenvalue weighted by Crippen LogP contribution is 2.35. The zero-order valence-corrected chi connectivity index (χ0v) is 16.3. The standard InChI is InChI=1S/C19H21N3O5S/c1-20-19(24)16-10-6-12-5-9-15(11-17(12)16)28(26,27)22(2)14-7-3-13(4-8-14)18(23)21-25/h3-5,7-9,11,16,25H,6,10H2,1-2H3,(H,20,24)(H,21,23). The Morgan fingerprint density at radius 1 is 1.14 bits per heavy atom. The maximum absolute atomic E-state index is 13.1. The fraction of sp³-hybridized carbons (Fsp3) is 0.263. The molecule has 0 aliphatic heterocycles. The molecule has 0 bridgehead atoms. The van der Waals surface area contributed by atoms with Crippen LogP contribution in [0.25, 0.3) is 0 Å². The number of hydroxylamine groups is 1. The molecule has 1 unspecified atom stereocenters. The summed E-state index contributed by atoms with van der Waals surface area (Å²) in [5.41, 5.74) is 3.80. The monoisotopic (exact) mass is 403 g/mol. The molecule has 0 saturated heterocycles. The van der Waals surface area contributed by atoms with E-state index >= 15 is 0 Å². The van der Waals surface area contributed by atoms with Gasteiger partial charge in [-0.1, -0.05) is 6.07 Å². The summed E-state index contributed by atoms with van der Waals surface area (Å²) in [4.78, 5) is 23.6. The van der Waals surface area contributed by atoms with Crippen LogP contribution in [-0.4, -0.2) is 39.5 Å². The van der Waals surface area contributed by atoms with E-state index in [9.17, 15) is 18.0 Å². The molecule has 3 N–H and O–H groups in total. The minimum atomic E-state index is -3.86. The molecule has 0 saturated carbocycles. The molecule has 1 aliphatic rings. The van der Waals surface area contributed by atoms with Crippen LogP contribution >= 0.6 is 0 Å². The number of carbonyl (C=O) groups excluding carboxylic acids is 2. The van der Waals surface area contributed by atoms with E-state index in [2.05, 4.69) is 5.32 Å². The predicted octanol–water partition coefficient (Wildman–Crippen LogP) is 1.41. The van der Waals surface area contributed by atoms with Gasteiger partial charge in [0, 0.05) is 19.7 Å². The van der Waals surface area contributed by atoms with Crippen LogP contribution in [0.1, 0.15) is 33.8 Å². The quantitative estimate of drug-likeness (QED) is 0.516. The van der Waals surface area contributed by atoms with Crippen LogP contribution in [0, 0.1) is 0 Å². The first-order valence-corrected chi connectivity index (χ1v) is 10.1. The number of nitrogens with one attached hydrogen (secondary N) is 2. The number of nitrogens with zero attached hydrogens (tertiary/aromatic N) is 1. The summed E-state index contributed by atoms with van der Waals surface area (Å²) < 4.78 is 27.2. The lowest BCUT2D eigenvalue weighted by Gasteiger charge is -2.20. The Kier molecular flexibility index (Phi) is 5.39. The van der Waals surface area contributed by atoms with Crippen LogP contribution in [0.2, 0.25) is 0 Å². The van der Waals surface area contributed by atoms with Crippen molar-refractivity contribution >= 4 is 27.5 Å². The van der Waals surface area contributed by atoms with Gasteiger partial charge in [-0.3, -0.25) is 19.1 Å². The fourth-order valence-electron chi connectivity index (χ4n) is 3.37. The number of rotatable bonds is 5. The van der Waals surface area contributed by atoms with Crippen LogP contribution in [0.15, 0.2) is 47.4 Å². The van der Waals surface area contributed by atoms with Crippen molar-refractivity contribution in [3.63, 3.8) is 0 Å². The number of amides is 2. The smallest absolute Gasteiger partial charge is 0.274 e. The molecular weight excluding hydrogens is 382 g/mol. The van der Waals surface area contributed by atoms with Gasteiger partial charge < -0.3 is 5.32 Å². The number of hydrogen-bond donors (Lipinski definition) is 3. The molecule has 28 heavy (non-hydrogen) atoms. The van der Waals surface area contributed by atoms with E-state index in [-0.39, 0.29) is 22.3 Å². The van der Waals surface area contributed by atoms with E-state index in [1.54, 1.807) is 25.2 Å². The van der Waals surface area contributed by atoms with Crippen molar-refractivity contribution in [3.05, 3.63) is 59.2 Å². The number of carbonyl (C=O) groups is 2. The lowest BCUT2D eigenvalue weighted by atomic mass is 10.0. The van der Waals surface area contributed by atoms with Gasteiger partial charge in [-0.2, -0.15) is 0 Å². The number of aryl methyl sites for hydroxylation is 1. The number of sulfonamides is 1. The molecule has 0 spiro atoms. The van der Waals surface area contributed by atoms with Gasteiger partial charge in [-0.25, -0.2) is 13.9 Å². The maximum Gasteiger partial charge on any atom is 0.274 e. The molecule has 148 valence electrons. The van der Waals surface area contributed by atoms with Gasteiger partial charge in [-0.15, -0.1) is 0 Å². The average Bonchev–Trinajstić information content (AvgIpc) is 3.15. The molecule has 3 rings (SSSR count). The third kappa shape index (κ3) is 3.46. The number of likely N-dealkylation sites (N-methyl/N-ethyl adjacent to an activating group) is 1. The zero-order valence-electron chi connectivity index (χ0n) is 15.5. The SMILES string of the molecule is CNC(=O)C1CCc2ccc(S(=O)(=O)N(C)c3ccc(C(=O)NO)cc3)cc21. The summed E-state index contributed by atoms with van der Waals surface area (Å²) in [6.45, 7) is 0. The molecule has 2 amide bonds. The van der Waals surface area contributed by atoms with Crippen molar-refractivity contribution in [1.29, 1.82) is 0 Å². The van der Waals surface area contributed by atoms with Gasteiger partial charge in [0.1, 0.15) is 0 Å². The van der Waals surface area contributed by atoms with Crippen molar-refractivity contribution < 1.29 is 23.2 Å². The summed E-state index contributed by atoms with van der Waals surface area (Å²) in [7, 11) is -0.875. The van der Waals surface area contributed by atoms with Crippen LogP contribution in [0.4, 0.5) is 5.69 Å². The Morgan fingerprint density at radius 2 is 1.82 bits per heavy atom. The van der Waals surface area contributed by atoms with E-state index in [0.717, 1.165) is 21.9 Å². The number of hydrogen-bond acceptors (Lipinski definition) is 5. The second-order valence-corrected chi connectivity index (χ2v) is 8.50. The molecule has 0 aromatic heterocycles. The molecule has 2 aromatic rings. The summed E-state index contributed by atoms with van der Waals surface area (Å²) in [5.74, 6) is -1.16. The van der Waals surface area contributed by atoms with Gasteiger partial charge in [0.25, 0.3) is 15.9 Å². The number of anilines is 1. The second kappa shape index (κ2) is 7.61. The molecule has 8 nitrogen and oxygen atoms in total. The minimum Gasteiger partial charge on any atom is -0.359 e. The predicted molar refractivity (Wildman–Crippen MR) is 103 cm³/mol. The first kappa shape index (κ1) is 19.8. The largest absolute Gasteiger partial charge is 0.359 e. The molecular formula is C19H21N3O5S.